The van der Waals surface area contributed by atoms with E-state index in [1.807, 2.05) is 12.1 Å². The van der Waals surface area contributed by atoms with E-state index in [1.165, 1.54) is 17.8 Å². The van der Waals surface area contributed by atoms with E-state index < -0.39 is 23.6 Å². The van der Waals surface area contributed by atoms with Gasteiger partial charge in [-0.2, -0.15) is 5.10 Å². The average Bonchev–Trinajstić information content (AvgIpc) is 3.29. The summed E-state index contributed by atoms with van der Waals surface area (Å²) in [6, 6.07) is 17.4. The number of nitrogens with zero attached hydrogens (tertiary/aromatic N) is 1. The van der Waals surface area contributed by atoms with Gasteiger partial charge in [-0.25, -0.2) is 4.79 Å². The number of carbonyl (C=O) groups is 4. The third kappa shape index (κ3) is 5.41. The molecule has 1 heterocycles. The number of rotatable bonds is 8. The number of nitrogens with one attached hydrogen (secondary N) is 3. The van der Waals surface area contributed by atoms with Gasteiger partial charge in [0.25, 0.3) is 5.91 Å². The van der Waals surface area contributed by atoms with Crippen LogP contribution in [0.2, 0.25) is 0 Å². The number of amides is 2. The monoisotopic (exact) mass is 476 g/mol. The summed E-state index contributed by atoms with van der Waals surface area (Å²) in [6.07, 6.45) is 1.19. The number of anilines is 1. The van der Waals surface area contributed by atoms with Gasteiger partial charge >= 0.3 is 6.09 Å². The second-order valence-electron chi connectivity index (χ2n) is 7.18. The number of Topliss-reactive ketones (excluding diaryl/α,β-unsaturated/α-hetero) is 1. The van der Waals surface area contributed by atoms with Gasteiger partial charge in [0.2, 0.25) is 11.6 Å². The molecule has 3 N–H and O–H groups in total. The molecule has 0 spiro atoms. The number of H-pyrrole nitrogens is 1. The van der Waals surface area contributed by atoms with Gasteiger partial charge in [-0.3, -0.25) is 19.5 Å². The summed E-state index contributed by atoms with van der Waals surface area (Å²) >= 11 is 1.18. The van der Waals surface area contributed by atoms with Crippen molar-refractivity contribution in [2.45, 2.75) is 6.42 Å². The molecule has 172 valence electrons. The second kappa shape index (κ2) is 10.6. The predicted octanol–water partition coefficient (Wildman–Crippen LogP) is 3.84. The van der Waals surface area contributed by atoms with Crippen molar-refractivity contribution in [1.29, 1.82) is 0 Å². The molecule has 0 atom stereocenters. The number of benzene rings is 2. The Balaban J connectivity index is 1.31. The van der Waals surface area contributed by atoms with E-state index in [0.29, 0.717) is 30.2 Å². The van der Waals surface area contributed by atoms with Gasteiger partial charge in [0, 0.05) is 18.3 Å². The second-order valence-corrected chi connectivity index (χ2v) is 8.31. The van der Waals surface area contributed by atoms with Crippen LogP contribution in [0.25, 0.3) is 0 Å². The number of aromatic nitrogens is 2. The molecule has 1 aliphatic carbocycles. The van der Waals surface area contributed by atoms with Crippen molar-refractivity contribution in [1.82, 2.24) is 15.5 Å². The van der Waals surface area contributed by atoms with Crippen LogP contribution in [-0.2, 0) is 0 Å². The first-order valence-electron chi connectivity index (χ1n) is 10.4. The van der Waals surface area contributed by atoms with Crippen molar-refractivity contribution in [3.63, 3.8) is 0 Å². The van der Waals surface area contributed by atoms with Crippen LogP contribution in [-0.4, -0.2) is 46.1 Å². The van der Waals surface area contributed by atoms with E-state index in [-0.39, 0.29) is 21.9 Å². The number of hydrogen-bond acceptors (Lipinski definition) is 7. The van der Waals surface area contributed by atoms with E-state index in [1.54, 1.807) is 48.5 Å². The standard InChI is InChI=1S/C24H20N4O5S/c29-17-14-18(34-13-7-12-25-24(32)33-16-10-5-2-6-11-16)22(30)19-20(17)27-28-21(19)23(31)26-15-8-3-1-4-9-15/h1-6,8-11,14H,7,12-13H2,(H,25,32)(H,26,31)(H,27,28). The van der Waals surface area contributed by atoms with Crippen molar-refractivity contribution >= 4 is 41.0 Å². The van der Waals surface area contributed by atoms with Crippen LogP contribution < -0.4 is 15.4 Å². The Labute approximate surface area is 199 Å². The molecule has 0 aliphatic heterocycles. The zero-order valence-corrected chi connectivity index (χ0v) is 18.7. The minimum Gasteiger partial charge on any atom is -0.410 e. The number of para-hydroxylation sites is 2. The highest BCUT2D eigenvalue weighted by atomic mass is 32.2. The smallest absolute Gasteiger partial charge is 0.410 e. The fraction of sp³-hybridized carbons (Fsp3) is 0.125. The van der Waals surface area contributed by atoms with Crippen LogP contribution >= 0.6 is 11.8 Å². The van der Waals surface area contributed by atoms with Gasteiger partial charge in [0.05, 0.1) is 10.5 Å². The molecule has 4 rings (SSSR count). The summed E-state index contributed by atoms with van der Waals surface area (Å²) in [5.74, 6) is -0.545. The van der Waals surface area contributed by atoms with Crippen LogP contribution in [0, 0.1) is 0 Å². The van der Waals surface area contributed by atoms with E-state index in [2.05, 4.69) is 20.8 Å². The largest absolute Gasteiger partial charge is 0.412 e. The number of fused-ring (bicyclic) bond motifs is 1. The third-order valence-corrected chi connectivity index (χ3v) is 5.88. The maximum atomic E-state index is 13.0. The molecule has 0 fully saturated rings. The molecule has 34 heavy (non-hydrogen) atoms. The van der Waals surface area contributed by atoms with E-state index >= 15 is 0 Å². The quantitative estimate of drug-likeness (QED) is 0.421. The Kier molecular flexibility index (Phi) is 7.19. The van der Waals surface area contributed by atoms with Crippen molar-refractivity contribution in [2.24, 2.45) is 0 Å². The lowest BCUT2D eigenvalue weighted by Crippen LogP contribution is -2.28. The highest BCUT2D eigenvalue weighted by Crippen LogP contribution is 2.30. The van der Waals surface area contributed by atoms with Gasteiger partial charge in [-0.05, 0) is 36.4 Å². The minimum atomic E-state index is -0.573. The van der Waals surface area contributed by atoms with Crippen molar-refractivity contribution in [2.75, 3.05) is 17.6 Å². The maximum absolute atomic E-state index is 13.0. The summed E-state index contributed by atoms with van der Waals surface area (Å²) in [7, 11) is 0. The van der Waals surface area contributed by atoms with Gasteiger partial charge in [-0.1, -0.05) is 36.4 Å². The molecule has 10 heteroatoms. The number of hydrogen-bond donors (Lipinski definition) is 3. The number of thioether (sulfide) groups is 1. The van der Waals surface area contributed by atoms with E-state index in [0.717, 1.165) is 0 Å². The summed E-state index contributed by atoms with van der Waals surface area (Å²) in [4.78, 5) is 50.2. The average molecular weight is 477 g/mol. The Bertz CT molecular complexity index is 1250. The molecule has 2 amide bonds. The summed E-state index contributed by atoms with van der Waals surface area (Å²) in [5.41, 5.74) is 0.383. The van der Waals surface area contributed by atoms with Crippen molar-refractivity contribution in [3.8, 4) is 5.75 Å². The third-order valence-electron chi connectivity index (χ3n) is 4.77. The first-order valence-corrected chi connectivity index (χ1v) is 11.4. The molecule has 1 aromatic heterocycles. The number of ketones is 2. The van der Waals surface area contributed by atoms with Crippen molar-refractivity contribution < 1.29 is 23.9 Å². The Hall–Kier alpha value is -4.18. The molecule has 1 aliphatic rings. The van der Waals surface area contributed by atoms with Gasteiger partial charge < -0.3 is 15.4 Å². The summed E-state index contributed by atoms with van der Waals surface area (Å²) < 4.78 is 5.14. The molecular weight excluding hydrogens is 456 g/mol. The normalized spacial score (nSPS) is 12.5. The molecule has 0 saturated heterocycles. The molecule has 0 unspecified atom stereocenters. The summed E-state index contributed by atoms with van der Waals surface area (Å²) in [5, 5.41) is 11.7. The SMILES string of the molecule is O=C(NCCCSC1=CC(=O)c2n[nH]c(C(=O)Nc3ccccc3)c2C1=O)Oc1ccccc1. The van der Waals surface area contributed by atoms with Gasteiger partial charge in [0.15, 0.2) is 0 Å². The van der Waals surface area contributed by atoms with Gasteiger partial charge in [-0.15, -0.1) is 11.8 Å². The van der Waals surface area contributed by atoms with E-state index in [9.17, 15) is 19.2 Å². The van der Waals surface area contributed by atoms with Crippen LogP contribution in [0.4, 0.5) is 10.5 Å². The molecule has 0 bridgehead atoms. The lowest BCUT2D eigenvalue weighted by molar-refractivity contribution is 0.0979. The molecular formula is C24H20N4O5S. The fourth-order valence-corrected chi connectivity index (χ4v) is 4.11. The van der Waals surface area contributed by atoms with Crippen LogP contribution in [0.1, 0.15) is 37.8 Å². The Morgan fingerprint density at radius 2 is 1.71 bits per heavy atom. The highest BCUT2D eigenvalue weighted by Gasteiger charge is 2.33. The zero-order chi connectivity index (χ0) is 23.9. The Morgan fingerprint density at radius 3 is 2.44 bits per heavy atom. The number of allylic oxidation sites excluding steroid dienone is 2. The lowest BCUT2D eigenvalue weighted by Gasteiger charge is -2.12. The lowest BCUT2D eigenvalue weighted by atomic mass is 9.99. The topological polar surface area (TPSA) is 130 Å². The Morgan fingerprint density at radius 1 is 1.00 bits per heavy atom. The van der Waals surface area contributed by atoms with Crippen LogP contribution in [0.15, 0.2) is 71.6 Å². The molecule has 0 saturated carbocycles. The maximum Gasteiger partial charge on any atom is 0.412 e. The molecule has 9 nitrogen and oxygen atoms in total. The fourth-order valence-electron chi connectivity index (χ4n) is 3.18. The first-order chi connectivity index (χ1) is 16.5. The molecule has 3 aromatic rings. The molecule has 2 aromatic carbocycles. The number of carbonyl (C=O) groups excluding carboxylic acids is 4. The predicted molar refractivity (Wildman–Crippen MR) is 127 cm³/mol. The van der Waals surface area contributed by atoms with Crippen LogP contribution in [0.3, 0.4) is 0 Å². The zero-order valence-electron chi connectivity index (χ0n) is 17.9. The summed E-state index contributed by atoms with van der Waals surface area (Å²) in [6.45, 7) is 0.329. The minimum absolute atomic E-state index is 0.0343. The van der Waals surface area contributed by atoms with Crippen LogP contribution in [0.5, 0.6) is 5.75 Å². The van der Waals surface area contributed by atoms with Crippen molar-refractivity contribution in [3.05, 3.63) is 88.6 Å². The number of ether oxygens (including phenoxy) is 1. The number of aromatic amines is 1. The molecule has 0 radical (unpaired) electrons. The first kappa shape index (κ1) is 23.0. The highest BCUT2D eigenvalue weighted by molar-refractivity contribution is 8.04. The van der Waals surface area contributed by atoms with E-state index in [4.69, 9.17) is 4.74 Å². The van der Waals surface area contributed by atoms with Gasteiger partial charge in [0.1, 0.15) is 17.1 Å².